The Morgan fingerprint density at radius 2 is 2.24 bits per heavy atom. The quantitative estimate of drug-likeness (QED) is 0.648. The monoisotopic (exact) mass is 332 g/mol. The van der Waals surface area contributed by atoms with E-state index in [-0.39, 0.29) is 18.0 Å². The Balaban J connectivity index is 2.50. The third-order valence-corrected chi connectivity index (χ3v) is 5.95. The van der Waals surface area contributed by atoms with E-state index in [1.165, 1.54) is 23.9 Å². The first-order chi connectivity index (χ1) is 9.84. The molecule has 0 bridgehead atoms. The molecular formula is C12H16N2O5S2. The summed E-state index contributed by atoms with van der Waals surface area (Å²) in [7, 11) is -3.35. The molecule has 1 saturated heterocycles. The fourth-order valence-corrected chi connectivity index (χ4v) is 5.10. The van der Waals surface area contributed by atoms with Crippen molar-refractivity contribution in [1.29, 1.82) is 0 Å². The molecule has 1 aromatic carbocycles. The number of sulfone groups is 1. The van der Waals surface area contributed by atoms with Crippen LogP contribution in [0, 0.1) is 10.1 Å². The second-order valence-electron chi connectivity index (χ2n) is 4.79. The molecule has 21 heavy (non-hydrogen) atoms. The second kappa shape index (κ2) is 6.20. The number of benzene rings is 1. The third kappa shape index (κ3) is 3.47. The van der Waals surface area contributed by atoms with E-state index in [2.05, 4.69) is 0 Å². The van der Waals surface area contributed by atoms with Gasteiger partial charge in [-0.05, 0) is 11.6 Å². The van der Waals surface area contributed by atoms with Gasteiger partial charge in [0.25, 0.3) is 5.69 Å². The van der Waals surface area contributed by atoms with Crippen molar-refractivity contribution in [3.8, 4) is 0 Å². The molecule has 0 aromatic heterocycles. The minimum atomic E-state index is -3.35. The van der Waals surface area contributed by atoms with Crippen LogP contribution in [-0.4, -0.2) is 48.1 Å². The van der Waals surface area contributed by atoms with Gasteiger partial charge in [-0.25, -0.2) is 8.42 Å². The van der Waals surface area contributed by atoms with Gasteiger partial charge >= 0.3 is 0 Å². The molecule has 0 amide bonds. The zero-order valence-electron chi connectivity index (χ0n) is 11.4. The minimum absolute atomic E-state index is 0.179. The van der Waals surface area contributed by atoms with Crippen LogP contribution in [-0.2, 0) is 16.4 Å². The van der Waals surface area contributed by atoms with Crippen LogP contribution in [0.25, 0.3) is 0 Å². The second-order valence-corrected chi connectivity index (χ2v) is 8.14. The van der Waals surface area contributed by atoms with Crippen LogP contribution < -0.4 is 4.90 Å². The Morgan fingerprint density at radius 1 is 1.52 bits per heavy atom. The van der Waals surface area contributed by atoms with E-state index in [1.807, 2.05) is 0 Å². The normalized spacial score (nSPS) is 19.5. The van der Waals surface area contributed by atoms with Crippen molar-refractivity contribution < 1.29 is 18.4 Å². The Labute approximate surface area is 127 Å². The molecule has 9 heteroatoms. The molecule has 2 rings (SSSR count). The highest BCUT2D eigenvalue weighted by Gasteiger charge is 2.34. The predicted molar refractivity (Wildman–Crippen MR) is 82.3 cm³/mol. The summed E-state index contributed by atoms with van der Waals surface area (Å²) in [6, 6.07) is 4.37. The first-order valence-electron chi connectivity index (χ1n) is 6.26. The number of hydrogen-bond donors (Lipinski definition) is 1. The number of anilines is 1. The Bertz CT molecular complexity index is 647. The Hall–Kier alpha value is -1.32. The van der Waals surface area contributed by atoms with Gasteiger partial charge < -0.3 is 10.0 Å². The number of rotatable bonds is 4. The molecule has 0 aliphatic carbocycles. The minimum Gasteiger partial charge on any atom is -0.392 e. The number of aliphatic hydroxyl groups is 1. The molecule has 1 unspecified atom stereocenters. The summed E-state index contributed by atoms with van der Waals surface area (Å²) in [4.78, 5) is 12.3. The molecule has 116 valence electrons. The molecule has 0 saturated carbocycles. The fraction of sp³-hybridized carbons (Fsp3) is 0.500. The van der Waals surface area contributed by atoms with E-state index in [0.29, 0.717) is 23.6 Å². The van der Waals surface area contributed by atoms with Crippen molar-refractivity contribution >= 4 is 33.0 Å². The summed E-state index contributed by atoms with van der Waals surface area (Å²) in [6.45, 7) is 0.133. The maximum Gasteiger partial charge on any atom is 0.292 e. The molecule has 0 radical (unpaired) electrons. The lowest BCUT2D eigenvalue weighted by Gasteiger charge is -2.35. The van der Waals surface area contributed by atoms with Crippen LogP contribution in [0.3, 0.4) is 0 Å². The van der Waals surface area contributed by atoms with Crippen LogP contribution in [0.5, 0.6) is 0 Å². The topological polar surface area (TPSA) is 101 Å². The average molecular weight is 332 g/mol. The summed E-state index contributed by atoms with van der Waals surface area (Å²) in [6.07, 6.45) is 1.14. The van der Waals surface area contributed by atoms with Gasteiger partial charge in [0.05, 0.1) is 11.5 Å². The first kappa shape index (κ1) is 16.1. The molecule has 1 fully saturated rings. The van der Waals surface area contributed by atoms with E-state index in [9.17, 15) is 18.5 Å². The lowest BCUT2D eigenvalue weighted by molar-refractivity contribution is -0.384. The van der Waals surface area contributed by atoms with Crippen LogP contribution >= 0.6 is 11.8 Å². The molecule has 7 nitrogen and oxygen atoms in total. The van der Waals surface area contributed by atoms with Crippen molar-refractivity contribution in [3.05, 3.63) is 33.9 Å². The van der Waals surface area contributed by atoms with Gasteiger partial charge in [-0.2, -0.15) is 11.8 Å². The Kier molecular flexibility index (Phi) is 4.74. The lowest BCUT2D eigenvalue weighted by atomic mass is 10.1. The number of thioether (sulfide) groups is 1. The van der Waals surface area contributed by atoms with Crippen LogP contribution in [0.1, 0.15) is 5.56 Å². The summed E-state index contributed by atoms with van der Waals surface area (Å²) in [5.74, 6) is 1.10. The molecule has 1 N–H and O–H groups in total. The molecule has 0 spiro atoms. The zero-order valence-corrected chi connectivity index (χ0v) is 13.1. The molecule has 1 aliphatic heterocycles. The first-order valence-corrected chi connectivity index (χ1v) is 9.37. The number of aliphatic hydroxyl groups excluding tert-OH is 1. The summed E-state index contributed by atoms with van der Waals surface area (Å²) >= 11 is 1.52. The van der Waals surface area contributed by atoms with Crippen molar-refractivity contribution in [1.82, 2.24) is 0 Å². The van der Waals surface area contributed by atoms with E-state index in [1.54, 1.807) is 11.0 Å². The standard InChI is InChI=1S/C12H16N2O5S2/c1-21(18,19)12-8-20-5-4-13(12)10-3-2-9(7-15)6-11(10)14(16)17/h2-3,6,12,15H,4-5,7-8H2,1H3. The van der Waals surface area contributed by atoms with Gasteiger partial charge in [-0.15, -0.1) is 0 Å². The smallest absolute Gasteiger partial charge is 0.292 e. The number of hydrogen-bond acceptors (Lipinski definition) is 7. The van der Waals surface area contributed by atoms with E-state index in [0.717, 1.165) is 6.26 Å². The molecule has 1 aromatic rings. The van der Waals surface area contributed by atoms with Gasteiger partial charge in [-0.1, -0.05) is 6.07 Å². The van der Waals surface area contributed by atoms with Crippen molar-refractivity contribution in [3.63, 3.8) is 0 Å². The highest BCUT2D eigenvalue weighted by molar-refractivity contribution is 8.01. The predicted octanol–water partition coefficient (Wildman–Crippen LogP) is 1.01. The van der Waals surface area contributed by atoms with Gasteiger partial charge in [0.15, 0.2) is 9.84 Å². The van der Waals surface area contributed by atoms with Crippen LogP contribution in [0.2, 0.25) is 0 Å². The fourth-order valence-electron chi connectivity index (χ4n) is 2.27. The van der Waals surface area contributed by atoms with Gasteiger partial charge in [0, 0.05) is 30.4 Å². The third-order valence-electron chi connectivity index (χ3n) is 3.31. The Morgan fingerprint density at radius 3 is 2.81 bits per heavy atom. The van der Waals surface area contributed by atoms with E-state index < -0.39 is 20.1 Å². The molecule has 1 heterocycles. The summed E-state index contributed by atoms with van der Waals surface area (Å²) in [5, 5.41) is 19.6. The van der Waals surface area contributed by atoms with Gasteiger partial charge in [0.1, 0.15) is 11.1 Å². The van der Waals surface area contributed by atoms with Crippen molar-refractivity contribution in [2.75, 3.05) is 29.2 Å². The average Bonchev–Trinajstić information content (AvgIpc) is 2.45. The maximum absolute atomic E-state index is 11.9. The number of nitro groups is 1. The van der Waals surface area contributed by atoms with Crippen LogP contribution in [0.15, 0.2) is 18.2 Å². The van der Waals surface area contributed by atoms with Crippen molar-refractivity contribution in [2.24, 2.45) is 0 Å². The van der Waals surface area contributed by atoms with Gasteiger partial charge in [0.2, 0.25) is 0 Å². The summed E-state index contributed by atoms with van der Waals surface area (Å²) < 4.78 is 23.8. The molecular weight excluding hydrogens is 316 g/mol. The van der Waals surface area contributed by atoms with Gasteiger partial charge in [-0.3, -0.25) is 10.1 Å². The van der Waals surface area contributed by atoms with Crippen molar-refractivity contribution in [2.45, 2.75) is 12.0 Å². The lowest BCUT2D eigenvalue weighted by Crippen LogP contribution is -2.47. The SMILES string of the molecule is CS(=O)(=O)C1CSCCN1c1ccc(CO)cc1[N+](=O)[O-]. The summed E-state index contributed by atoms with van der Waals surface area (Å²) in [5.41, 5.74) is 0.530. The number of nitro benzene ring substituents is 1. The van der Waals surface area contributed by atoms with E-state index >= 15 is 0 Å². The largest absolute Gasteiger partial charge is 0.392 e. The highest BCUT2D eigenvalue weighted by atomic mass is 32.2. The number of nitrogens with zero attached hydrogens (tertiary/aromatic N) is 2. The molecule has 1 atom stereocenters. The zero-order chi connectivity index (χ0) is 15.6. The van der Waals surface area contributed by atoms with Crippen LogP contribution in [0.4, 0.5) is 11.4 Å². The molecule has 1 aliphatic rings. The maximum atomic E-state index is 11.9. The highest BCUT2D eigenvalue weighted by Crippen LogP contribution is 2.34. The van der Waals surface area contributed by atoms with E-state index in [4.69, 9.17) is 5.11 Å².